The van der Waals surface area contributed by atoms with Gasteiger partial charge in [-0.15, -0.1) is 0 Å². The second-order valence-electron chi connectivity index (χ2n) is 7.36. The van der Waals surface area contributed by atoms with E-state index in [0.29, 0.717) is 19.1 Å². The van der Waals surface area contributed by atoms with E-state index in [2.05, 4.69) is 10.2 Å². The lowest BCUT2D eigenvalue weighted by Crippen LogP contribution is -2.53. The molecular formula is C18H34N4O2. The van der Waals surface area contributed by atoms with Crippen molar-refractivity contribution in [2.75, 3.05) is 53.4 Å². The fraction of sp³-hybridized carbons (Fsp3) is 0.889. The van der Waals surface area contributed by atoms with Gasteiger partial charge in [0.2, 0.25) is 11.8 Å². The third-order valence-electron chi connectivity index (χ3n) is 5.49. The highest BCUT2D eigenvalue weighted by Crippen LogP contribution is 2.21. The fourth-order valence-electron chi connectivity index (χ4n) is 3.81. The molecule has 24 heavy (non-hydrogen) atoms. The van der Waals surface area contributed by atoms with Crippen LogP contribution in [0.4, 0.5) is 0 Å². The van der Waals surface area contributed by atoms with Crippen LogP contribution in [0.25, 0.3) is 0 Å². The topological polar surface area (TPSA) is 55.9 Å². The molecule has 1 unspecified atom stereocenters. The lowest BCUT2D eigenvalue weighted by Gasteiger charge is -2.37. The summed E-state index contributed by atoms with van der Waals surface area (Å²) in [6, 6.07) is 0.427. The van der Waals surface area contributed by atoms with Crippen molar-refractivity contribution < 1.29 is 9.59 Å². The minimum Gasteiger partial charge on any atom is -0.342 e. The molecule has 1 saturated heterocycles. The van der Waals surface area contributed by atoms with Crippen LogP contribution in [0, 0.1) is 5.92 Å². The summed E-state index contributed by atoms with van der Waals surface area (Å²) in [4.78, 5) is 30.9. The Kier molecular flexibility index (Phi) is 7.49. The number of amides is 2. The molecule has 1 heterocycles. The Balaban J connectivity index is 1.74. The number of nitrogens with one attached hydrogen (secondary N) is 1. The zero-order valence-electron chi connectivity index (χ0n) is 15.6. The molecule has 0 aromatic carbocycles. The molecule has 1 aliphatic heterocycles. The number of rotatable bonds is 6. The maximum atomic E-state index is 12.5. The third-order valence-corrected chi connectivity index (χ3v) is 5.49. The van der Waals surface area contributed by atoms with E-state index in [4.69, 9.17) is 0 Å². The molecule has 0 bridgehead atoms. The molecule has 2 fully saturated rings. The van der Waals surface area contributed by atoms with E-state index in [9.17, 15) is 9.59 Å². The molecule has 2 aliphatic rings. The van der Waals surface area contributed by atoms with Crippen molar-refractivity contribution in [1.82, 2.24) is 20.0 Å². The molecule has 2 amide bonds. The number of nitrogens with zero attached hydrogens (tertiary/aromatic N) is 3. The average Bonchev–Trinajstić information content (AvgIpc) is 2.62. The number of carbonyl (C=O) groups excluding carboxylic acids is 2. The van der Waals surface area contributed by atoms with Crippen molar-refractivity contribution in [1.29, 1.82) is 0 Å². The maximum Gasteiger partial charge on any atom is 0.236 e. The van der Waals surface area contributed by atoms with Gasteiger partial charge in [0.15, 0.2) is 0 Å². The molecule has 1 aliphatic carbocycles. The lowest BCUT2D eigenvalue weighted by molar-refractivity contribution is -0.138. The van der Waals surface area contributed by atoms with Crippen molar-refractivity contribution in [3.05, 3.63) is 0 Å². The number of piperazine rings is 1. The lowest BCUT2D eigenvalue weighted by atomic mass is 9.94. The van der Waals surface area contributed by atoms with Crippen molar-refractivity contribution >= 4 is 11.8 Å². The highest BCUT2D eigenvalue weighted by molar-refractivity contribution is 5.79. The van der Waals surface area contributed by atoms with E-state index >= 15 is 0 Å². The van der Waals surface area contributed by atoms with Gasteiger partial charge in [-0.05, 0) is 19.9 Å². The van der Waals surface area contributed by atoms with Gasteiger partial charge in [-0.2, -0.15) is 0 Å². The Labute approximate surface area is 146 Å². The second-order valence-corrected chi connectivity index (χ2v) is 7.36. The third kappa shape index (κ3) is 5.18. The van der Waals surface area contributed by atoms with Crippen molar-refractivity contribution in [2.24, 2.45) is 5.92 Å². The molecule has 1 saturated carbocycles. The van der Waals surface area contributed by atoms with Gasteiger partial charge < -0.3 is 15.1 Å². The van der Waals surface area contributed by atoms with Gasteiger partial charge in [-0.1, -0.05) is 26.2 Å². The molecular weight excluding hydrogens is 304 g/mol. The molecule has 0 spiro atoms. The SMILES string of the molecule is CNCC(C)C(=O)N1CCN(CC(=O)N(C)C2CCCCC2)CC1. The highest BCUT2D eigenvalue weighted by atomic mass is 16.2. The number of likely N-dealkylation sites (N-methyl/N-ethyl adjacent to an activating group) is 1. The monoisotopic (exact) mass is 338 g/mol. The van der Waals surface area contributed by atoms with E-state index in [-0.39, 0.29) is 17.7 Å². The molecule has 0 aromatic rings. The minimum absolute atomic E-state index is 0.0145. The summed E-state index contributed by atoms with van der Waals surface area (Å²) in [5.41, 5.74) is 0. The summed E-state index contributed by atoms with van der Waals surface area (Å²) >= 11 is 0. The second kappa shape index (κ2) is 9.37. The summed E-state index contributed by atoms with van der Waals surface area (Å²) in [5, 5.41) is 3.06. The predicted octanol–water partition coefficient (Wildman–Crippen LogP) is 0.777. The summed E-state index contributed by atoms with van der Waals surface area (Å²) in [5.74, 6) is 0.459. The predicted molar refractivity (Wildman–Crippen MR) is 95.8 cm³/mol. The van der Waals surface area contributed by atoms with E-state index in [1.807, 2.05) is 30.8 Å². The van der Waals surface area contributed by atoms with Crippen LogP contribution in [-0.4, -0.2) is 85.9 Å². The Bertz CT molecular complexity index is 415. The van der Waals surface area contributed by atoms with Crippen molar-refractivity contribution in [2.45, 2.75) is 45.1 Å². The first-order valence-electron chi connectivity index (χ1n) is 9.44. The van der Waals surface area contributed by atoms with Crippen LogP contribution in [0.3, 0.4) is 0 Å². The van der Waals surface area contributed by atoms with Crippen LogP contribution in [0.1, 0.15) is 39.0 Å². The smallest absolute Gasteiger partial charge is 0.236 e. The molecule has 6 nitrogen and oxygen atoms in total. The van der Waals surface area contributed by atoms with Crippen LogP contribution < -0.4 is 5.32 Å². The quantitative estimate of drug-likeness (QED) is 0.777. The van der Waals surface area contributed by atoms with Gasteiger partial charge >= 0.3 is 0 Å². The van der Waals surface area contributed by atoms with Gasteiger partial charge in [-0.25, -0.2) is 0 Å². The fourth-order valence-corrected chi connectivity index (χ4v) is 3.81. The normalized spacial score (nSPS) is 21.5. The summed E-state index contributed by atoms with van der Waals surface area (Å²) in [6.07, 6.45) is 6.09. The standard InChI is InChI=1S/C18H34N4O2/c1-15(13-19-2)18(24)22-11-9-21(10-12-22)14-17(23)20(3)16-7-5-4-6-8-16/h15-16,19H,4-14H2,1-3H3. The van der Waals surface area contributed by atoms with Crippen LogP contribution in [0.5, 0.6) is 0 Å². The molecule has 1 N–H and O–H groups in total. The van der Waals surface area contributed by atoms with Crippen LogP contribution in [-0.2, 0) is 9.59 Å². The van der Waals surface area contributed by atoms with Crippen molar-refractivity contribution in [3.8, 4) is 0 Å². The van der Waals surface area contributed by atoms with Gasteiger partial charge in [0.1, 0.15) is 0 Å². The molecule has 2 rings (SSSR count). The maximum absolute atomic E-state index is 12.5. The van der Waals surface area contributed by atoms with Crippen molar-refractivity contribution in [3.63, 3.8) is 0 Å². The average molecular weight is 338 g/mol. The van der Waals surface area contributed by atoms with Gasteiger partial charge in [0.25, 0.3) is 0 Å². The van der Waals surface area contributed by atoms with Crippen LogP contribution in [0.15, 0.2) is 0 Å². The summed E-state index contributed by atoms with van der Waals surface area (Å²) in [6.45, 7) is 6.21. The van der Waals surface area contributed by atoms with Gasteiger partial charge in [0, 0.05) is 51.7 Å². The highest BCUT2D eigenvalue weighted by Gasteiger charge is 2.27. The van der Waals surface area contributed by atoms with E-state index < -0.39 is 0 Å². The first-order valence-corrected chi connectivity index (χ1v) is 9.44. The summed E-state index contributed by atoms with van der Waals surface area (Å²) in [7, 11) is 3.83. The molecule has 0 aromatic heterocycles. The minimum atomic E-state index is 0.0145. The first-order chi connectivity index (χ1) is 11.5. The number of hydrogen-bond donors (Lipinski definition) is 1. The number of carbonyl (C=O) groups is 2. The first kappa shape index (κ1) is 19.2. The van der Waals surface area contributed by atoms with Crippen LogP contribution in [0.2, 0.25) is 0 Å². The Morgan fingerprint density at radius 2 is 1.75 bits per heavy atom. The molecule has 0 radical (unpaired) electrons. The number of hydrogen-bond acceptors (Lipinski definition) is 4. The Morgan fingerprint density at radius 1 is 1.12 bits per heavy atom. The van der Waals surface area contributed by atoms with E-state index in [1.54, 1.807) is 0 Å². The van der Waals surface area contributed by atoms with Gasteiger partial charge in [0.05, 0.1) is 6.54 Å². The zero-order valence-corrected chi connectivity index (χ0v) is 15.6. The Morgan fingerprint density at radius 3 is 2.33 bits per heavy atom. The summed E-state index contributed by atoms with van der Waals surface area (Å²) < 4.78 is 0. The Hall–Kier alpha value is -1.14. The van der Waals surface area contributed by atoms with E-state index in [0.717, 1.165) is 39.0 Å². The molecule has 1 atom stereocenters. The zero-order chi connectivity index (χ0) is 17.5. The van der Waals surface area contributed by atoms with Crippen LogP contribution >= 0.6 is 0 Å². The molecule has 6 heteroatoms. The largest absolute Gasteiger partial charge is 0.342 e. The van der Waals surface area contributed by atoms with E-state index in [1.165, 1.54) is 19.3 Å². The molecule has 138 valence electrons. The van der Waals surface area contributed by atoms with Gasteiger partial charge in [-0.3, -0.25) is 14.5 Å².